The first-order chi connectivity index (χ1) is 23.9. The Kier molecular flexibility index (Phi) is 12.6. The summed E-state index contributed by atoms with van der Waals surface area (Å²) in [5, 5.41) is 31.8. The highest BCUT2D eigenvalue weighted by molar-refractivity contribution is 6.40. The van der Waals surface area contributed by atoms with Crippen molar-refractivity contribution in [1.29, 1.82) is 0 Å². The summed E-state index contributed by atoms with van der Waals surface area (Å²) < 4.78 is 0. The van der Waals surface area contributed by atoms with Crippen molar-refractivity contribution < 1.29 is 44.1 Å². The average Bonchev–Trinajstić information content (AvgIpc) is 3.08. The fourth-order valence-electron chi connectivity index (χ4n) is 5.89. The van der Waals surface area contributed by atoms with Gasteiger partial charge in [0.2, 0.25) is 17.7 Å². The standard InChI is InChI=1S/C36H41N5O9/c1-23(42)40(19-8-5-14-32(44)38-25-10-9-11-26(43)22-25)33(45)28(37)20-24-15-16-30(31(21-24)39-17-6-2-7-18-39)41(34(46)36(49)50)29-13-4-3-12-27(29)35(47)48/h3-4,9-13,15-16,21-22,28,43H,2,5-8,14,17-20,37H2,1H3,(H,38,44)(H,47,48)(H,49,50)/t28-/m0/s1. The number of para-hydroxylation sites is 1. The minimum absolute atomic E-state index is 0.00858. The summed E-state index contributed by atoms with van der Waals surface area (Å²) in [6, 6.07) is 15.5. The van der Waals surface area contributed by atoms with Crippen molar-refractivity contribution in [1.82, 2.24) is 4.90 Å². The molecular weight excluding hydrogens is 646 g/mol. The average molecular weight is 688 g/mol. The molecule has 0 aliphatic carbocycles. The van der Waals surface area contributed by atoms with Crippen molar-refractivity contribution in [2.75, 3.05) is 34.8 Å². The van der Waals surface area contributed by atoms with Crippen molar-refractivity contribution in [3.05, 3.63) is 77.9 Å². The monoisotopic (exact) mass is 687 g/mol. The Morgan fingerprint density at radius 1 is 0.880 bits per heavy atom. The molecule has 1 atom stereocenters. The zero-order valence-corrected chi connectivity index (χ0v) is 27.7. The number of phenols is 1. The zero-order chi connectivity index (χ0) is 36.4. The molecule has 264 valence electrons. The number of nitrogens with one attached hydrogen (secondary N) is 1. The van der Waals surface area contributed by atoms with Crippen molar-refractivity contribution in [2.24, 2.45) is 5.73 Å². The van der Waals surface area contributed by atoms with Crippen LogP contribution in [0.25, 0.3) is 0 Å². The molecule has 3 aromatic rings. The molecule has 50 heavy (non-hydrogen) atoms. The quantitative estimate of drug-likeness (QED) is 0.129. The number of aromatic hydroxyl groups is 1. The maximum atomic E-state index is 13.4. The van der Waals surface area contributed by atoms with E-state index in [9.17, 15) is 44.1 Å². The van der Waals surface area contributed by atoms with Crippen LogP contribution in [0.2, 0.25) is 0 Å². The van der Waals surface area contributed by atoms with Gasteiger partial charge < -0.3 is 31.3 Å². The lowest BCUT2D eigenvalue weighted by molar-refractivity contribution is -0.148. The molecule has 6 N–H and O–H groups in total. The Morgan fingerprint density at radius 2 is 1.60 bits per heavy atom. The molecule has 0 unspecified atom stereocenters. The smallest absolute Gasteiger partial charge is 0.395 e. The molecule has 0 saturated carbocycles. The van der Waals surface area contributed by atoms with Gasteiger partial charge in [0.15, 0.2) is 0 Å². The third-order valence-electron chi connectivity index (χ3n) is 8.32. The topological polar surface area (TPSA) is 211 Å². The number of piperidine rings is 1. The van der Waals surface area contributed by atoms with Crippen molar-refractivity contribution in [3.63, 3.8) is 0 Å². The van der Waals surface area contributed by atoms with Gasteiger partial charge >= 0.3 is 17.8 Å². The van der Waals surface area contributed by atoms with Crippen LogP contribution in [-0.2, 0) is 30.4 Å². The van der Waals surface area contributed by atoms with E-state index in [1.165, 1.54) is 49.4 Å². The Bertz CT molecular complexity index is 1760. The summed E-state index contributed by atoms with van der Waals surface area (Å²) in [4.78, 5) is 79.3. The summed E-state index contributed by atoms with van der Waals surface area (Å²) in [6.07, 6.45) is 3.53. The number of benzene rings is 3. The van der Waals surface area contributed by atoms with Crippen LogP contribution in [0, 0.1) is 0 Å². The number of aliphatic carboxylic acids is 1. The fraction of sp³-hybridized carbons (Fsp3) is 0.333. The number of carbonyl (C=O) groups is 6. The second kappa shape index (κ2) is 17.1. The van der Waals surface area contributed by atoms with Crippen LogP contribution in [0.5, 0.6) is 5.75 Å². The number of aromatic carboxylic acids is 1. The lowest BCUT2D eigenvalue weighted by atomic mass is 10.0. The first-order valence-electron chi connectivity index (χ1n) is 16.3. The number of rotatable bonds is 13. The van der Waals surface area contributed by atoms with E-state index in [-0.39, 0.29) is 48.0 Å². The number of amides is 4. The van der Waals surface area contributed by atoms with Crippen molar-refractivity contribution in [2.45, 2.75) is 57.9 Å². The van der Waals surface area contributed by atoms with E-state index < -0.39 is 35.7 Å². The number of imide groups is 1. The molecule has 1 heterocycles. The molecule has 1 aliphatic heterocycles. The summed E-state index contributed by atoms with van der Waals surface area (Å²) >= 11 is 0. The molecule has 14 heteroatoms. The molecule has 1 fully saturated rings. The van der Waals surface area contributed by atoms with Crippen LogP contribution in [0.3, 0.4) is 0 Å². The van der Waals surface area contributed by atoms with E-state index in [1.807, 2.05) is 4.90 Å². The van der Waals surface area contributed by atoms with Gasteiger partial charge in [-0.15, -0.1) is 0 Å². The highest BCUT2D eigenvalue weighted by Crippen LogP contribution is 2.38. The number of hydrogen-bond acceptors (Lipinski definition) is 9. The van der Waals surface area contributed by atoms with Crippen LogP contribution < -0.4 is 20.9 Å². The number of carboxylic acids is 2. The van der Waals surface area contributed by atoms with Crippen LogP contribution in [0.1, 0.15) is 61.4 Å². The second-order valence-electron chi connectivity index (χ2n) is 12.0. The lowest BCUT2D eigenvalue weighted by Crippen LogP contribution is -2.47. The highest BCUT2D eigenvalue weighted by atomic mass is 16.4. The molecular formula is C36H41N5O9. The molecule has 14 nitrogen and oxygen atoms in total. The lowest BCUT2D eigenvalue weighted by Gasteiger charge is -2.34. The van der Waals surface area contributed by atoms with E-state index in [0.717, 1.165) is 29.1 Å². The number of hydrogen-bond donors (Lipinski definition) is 5. The molecule has 0 radical (unpaired) electrons. The maximum absolute atomic E-state index is 13.4. The summed E-state index contributed by atoms with van der Waals surface area (Å²) in [5.74, 6) is -5.82. The number of nitrogens with two attached hydrogens (primary N) is 1. The van der Waals surface area contributed by atoms with Crippen molar-refractivity contribution >= 4 is 58.3 Å². The Hall–Kier alpha value is -5.76. The molecule has 0 aromatic heterocycles. The van der Waals surface area contributed by atoms with Gasteiger partial charge in [0.25, 0.3) is 0 Å². The Morgan fingerprint density at radius 3 is 2.26 bits per heavy atom. The predicted octanol–water partition coefficient (Wildman–Crippen LogP) is 3.88. The van der Waals surface area contributed by atoms with Gasteiger partial charge in [0, 0.05) is 44.7 Å². The van der Waals surface area contributed by atoms with Gasteiger partial charge in [-0.05, 0) is 80.5 Å². The summed E-state index contributed by atoms with van der Waals surface area (Å²) in [6.45, 7) is 2.50. The SMILES string of the molecule is CC(=O)N(CCCCC(=O)Nc1cccc(O)c1)C(=O)[C@@H](N)Cc1ccc(N(C(=O)C(=O)O)c2ccccc2C(=O)O)c(N2CCCCC2)c1. The largest absolute Gasteiger partial charge is 0.508 e. The number of nitrogens with zero attached hydrogens (tertiary/aromatic N) is 3. The zero-order valence-electron chi connectivity index (χ0n) is 27.7. The molecule has 0 bridgehead atoms. The molecule has 4 amide bonds. The number of unbranched alkanes of at least 4 members (excludes halogenated alkanes) is 1. The van der Waals surface area contributed by atoms with Crippen LogP contribution in [-0.4, -0.2) is 81.5 Å². The Balaban J connectivity index is 1.52. The third-order valence-corrected chi connectivity index (χ3v) is 8.32. The molecule has 1 saturated heterocycles. The third kappa shape index (κ3) is 9.44. The van der Waals surface area contributed by atoms with Crippen molar-refractivity contribution in [3.8, 4) is 5.75 Å². The van der Waals surface area contributed by atoms with E-state index in [2.05, 4.69) is 5.32 Å². The first-order valence-corrected chi connectivity index (χ1v) is 16.3. The van der Waals surface area contributed by atoms with E-state index >= 15 is 0 Å². The Labute approximate surface area is 289 Å². The van der Waals surface area contributed by atoms with Crippen LogP contribution in [0.15, 0.2) is 66.7 Å². The molecule has 3 aromatic carbocycles. The molecule has 4 rings (SSSR count). The van der Waals surface area contributed by atoms with E-state index in [4.69, 9.17) is 5.73 Å². The fourth-order valence-corrected chi connectivity index (χ4v) is 5.89. The number of anilines is 4. The van der Waals surface area contributed by atoms with E-state index in [0.29, 0.717) is 42.9 Å². The maximum Gasteiger partial charge on any atom is 0.395 e. The van der Waals surface area contributed by atoms with Gasteiger partial charge in [-0.3, -0.25) is 29.0 Å². The van der Waals surface area contributed by atoms with E-state index in [1.54, 1.807) is 24.3 Å². The van der Waals surface area contributed by atoms with Gasteiger partial charge in [0.05, 0.1) is 28.7 Å². The first kappa shape index (κ1) is 37.1. The normalized spacial score (nSPS) is 13.2. The van der Waals surface area contributed by atoms with Gasteiger partial charge in [-0.2, -0.15) is 0 Å². The van der Waals surface area contributed by atoms with Gasteiger partial charge in [0.1, 0.15) is 5.75 Å². The van der Waals surface area contributed by atoms with Crippen LogP contribution >= 0.6 is 0 Å². The highest BCUT2D eigenvalue weighted by Gasteiger charge is 2.32. The van der Waals surface area contributed by atoms with Gasteiger partial charge in [-0.1, -0.05) is 24.3 Å². The molecule has 1 aliphatic rings. The molecule has 0 spiro atoms. The predicted molar refractivity (Wildman–Crippen MR) is 185 cm³/mol. The minimum Gasteiger partial charge on any atom is -0.508 e. The van der Waals surface area contributed by atoms with Gasteiger partial charge in [-0.25, -0.2) is 9.59 Å². The number of carbonyl (C=O) groups excluding carboxylic acids is 4. The summed E-state index contributed by atoms with van der Waals surface area (Å²) in [7, 11) is 0. The number of carboxylic acid groups (broad SMARTS) is 2. The second-order valence-corrected chi connectivity index (χ2v) is 12.0. The number of phenolic OH excluding ortho intramolecular Hbond substituents is 1. The van der Waals surface area contributed by atoms with Crippen LogP contribution in [0.4, 0.5) is 22.7 Å². The minimum atomic E-state index is -1.77. The summed E-state index contributed by atoms with van der Waals surface area (Å²) in [5.41, 5.74) is 7.64.